The fourth-order valence-corrected chi connectivity index (χ4v) is 6.35. The summed E-state index contributed by atoms with van der Waals surface area (Å²) in [7, 11) is 0. The second-order valence-electron chi connectivity index (χ2n) is 12.6. The van der Waals surface area contributed by atoms with Crippen molar-refractivity contribution in [3.8, 4) is 5.75 Å². The van der Waals surface area contributed by atoms with Gasteiger partial charge in [0.1, 0.15) is 18.0 Å². The van der Waals surface area contributed by atoms with E-state index in [0.29, 0.717) is 45.7 Å². The summed E-state index contributed by atoms with van der Waals surface area (Å²) in [5, 5.41) is 3.25. The largest absolute Gasteiger partial charge is 0.489 e. The van der Waals surface area contributed by atoms with Gasteiger partial charge in [-0.2, -0.15) is 0 Å². The van der Waals surface area contributed by atoms with E-state index in [9.17, 15) is 4.79 Å². The lowest BCUT2D eigenvalue weighted by Gasteiger charge is -2.36. The minimum atomic E-state index is -0.817. The Morgan fingerprint density at radius 2 is 1.04 bits per heavy atom. The average molecular weight is 676 g/mol. The minimum Gasteiger partial charge on any atom is -0.489 e. The molecule has 51 heavy (non-hydrogen) atoms. The molecule has 0 aliphatic carbocycles. The van der Waals surface area contributed by atoms with Gasteiger partial charge in [0.15, 0.2) is 0 Å². The number of rotatable bonds is 18. The Morgan fingerprint density at radius 3 is 1.57 bits per heavy atom. The van der Waals surface area contributed by atoms with Crippen LogP contribution in [0.2, 0.25) is 0 Å². The SMILES string of the molecule is O=C(CCc1ccccc1)N[C@H](COCCOC(c1ccccc1)(c1ccccc1)c1ccccc1)Cc1ccc(OCc2ccccc2)cc1. The van der Waals surface area contributed by atoms with Gasteiger partial charge >= 0.3 is 0 Å². The predicted octanol–water partition coefficient (Wildman–Crippen LogP) is 8.95. The molecule has 0 saturated carbocycles. The molecular weight excluding hydrogens is 631 g/mol. The molecule has 0 aliphatic rings. The van der Waals surface area contributed by atoms with Crippen LogP contribution in [-0.2, 0) is 39.3 Å². The summed E-state index contributed by atoms with van der Waals surface area (Å²) in [6, 6.07) is 59.1. The first-order chi connectivity index (χ1) is 25.2. The van der Waals surface area contributed by atoms with E-state index in [2.05, 4.69) is 78.1 Å². The molecule has 0 unspecified atom stereocenters. The molecule has 6 aromatic rings. The highest BCUT2D eigenvalue weighted by Crippen LogP contribution is 2.40. The number of ether oxygens (including phenoxy) is 3. The normalized spacial score (nSPS) is 11.8. The van der Waals surface area contributed by atoms with Gasteiger partial charge in [-0.25, -0.2) is 0 Å². The molecule has 0 heterocycles. The van der Waals surface area contributed by atoms with Crippen molar-refractivity contribution in [3.63, 3.8) is 0 Å². The van der Waals surface area contributed by atoms with E-state index in [1.165, 1.54) is 0 Å². The Labute approximate surface area is 301 Å². The molecule has 1 amide bonds. The Kier molecular flexibility index (Phi) is 12.8. The van der Waals surface area contributed by atoms with E-state index < -0.39 is 5.60 Å². The standard InChI is InChI=1S/C46H45NO4/c48-45(31-28-37-16-6-1-7-17-37)47-43(34-38-26-29-44(30-27-38)50-35-39-18-8-2-9-19-39)36-49-32-33-51-46(40-20-10-3-11-21-40,41-22-12-4-13-23-41)42-24-14-5-15-25-42/h1-27,29-30,43H,28,31-36H2,(H,47,48)/t43-/m0/s1. The topological polar surface area (TPSA) is 56.8 Å². The van der Waals surface area contributed by atoms with Crippen LogP contribution in [0.1, 0.15) is 39.8 Å². The third-order valence-corrected chi connectivity index (χ3v) is 8.91. The average Bonchev–Trinajstić information content (AvgIpc) is 3.20. The Bertz CT molecular complexity index is 1770. The molecule has 1 N–H and O–H groups in total. The van der Waals surface area contributed by atoms with Crippen LogP contribution in [0.25, 0.3) is 0 Å². The van der Waals surface area contributed by atoms with Crippen molar-refractivity contribution in [2.45, 2.75) is 37.5 Å². The van der Waals surface area contributed by atoms with Gasteiger partial charge in [-0.1, -0.05) is 164 Å². The van der Waals surface area contributed by atoms with Gasteiger partial charge in [-0.3, -0.25) is 4.79 Å². The van der Waals surface area contributed by atoms with Gasteiger partial charge in [0.05, 0.1) is 25.9 Å². The maximum atomic E-state index is 13.2. The summed E-state index contributed by atoms with van der Waals surface area (Å²) in [4.78, 5) is 13.2. The van der Waals surface area contributed by atoms with Crippen LogP contribution in [0.3, 0.4) is 0 Å². The highest BCUT2D eigenvalue weighted by atomic mass is 16.5. The summed E-state index contributed by atoms with van der Waals surface area (Å²) in [5.41, 5.74) is 5.66. The van der Waals surface area contributed by atoms with Crippen LogP contribution in [-0.4, -0.2) is 31.8 Å². The lowest BCUT2D eigenvalue weighted by atomic mass is 9.80. The number of hydrogen-bond donors (Lipinski definition) is 1. The summed E-state index contributed by atoms with van der Waals surface area (Å²) in [6.07, 6.45) is 1.71. The highest BCUT2D eigenvalue weighted by molar-refractivity contribution is 5.76. The molecule has 0 aromatic heterocycles. The first kappa shape index (κ1) is 35.3. The first-order valence-electron chi connectivity index (χ1n) is 17.7. The summed E-state index contributed by atoms with van der Waals surface area (Å²) >= 11 is 0. The van der Waals surface area contributed by atoms with Crippen molar-refractivity contribution in [1.29, 1.82) is 0 Å². The van der Waals surface area contributed by atoms with Crippen molar-refractivity contribution >= 4 is 5.91 Å². The summed E-state index contributed by atoms with van der Waals surface area (Å²) in [6.45, 7) is 1.57. The molecule has 5 nitrogen and oxygen atoms in total. The number of nitrogens with one attached hydrogen (secondary N) is 1. The summed E-state index contributed by atoms with van der Waals surface area (Å²) < 4.78 is 19.2. The van der Waals surface area contributed by atoms with Crippen LogP contribution >= 0.6 is 0 Å². The maximum Gasteiger partial charge on any atom is 0.220 e. The number of benzene rings is 6. The molecule has 0 saturated heterocycles. The second kappa shape index (κ2) is 18.5. The van der Waals surface area contributed by atoms with Crippen LogP contribution < -0.4 is 10.1 Å². The Balaban J connectivity index is 1.11. The quantitative estimate of drug-likeness (QED) is 0.0730. The number of hydrogen-bond acceptors (Lipinski definition) is 4. The van der Waals surface area contributed by atoms with Gasteiger partial charge in [-0.05, 0) is 58.4 Å². The van der Waals surface area contributed by atoms with E-state index in [0.717, 1.165) is 39.1 Å². The molecule has 0 aliphatic heterocycles. The molecule has 1 atom stereocenters. The molecule has 6 rings (SSSR count). The van der Waals surface area contributed by atoms with Gasteiger partial charge in [-0.15, -0.1) is 0 Å². The van der Waals surface area contributed by atoms with Gasteiger partial charge < -0.3 is 19.5 Å². The first-order valence-corrected chi connectivity index (χ1v) is 17.7. The summed E-state index contributed by atoms with van der Waals surface area (Å²) in [5.74, 6) is 0.806. The smallest absolute Gasteiger partial charge is 0.220 e. The molecular formula is C46H45NO4. The monoisotopic (exact) mass is 675 g/mol. The number of aryl methyl sites for hydroxylation is 1. The van der Waals surface area contributed by atoms with Crippen LogP contribution in [0, 0.1) is 0 Å². The van der Waals surface area contributed by atoms with Crippen molar-refractivity contribution in [1.82, 2.24) is 5.32 Å². The van der Waals surface area contributed by atoms with Crippen molar-refractivity contribution in [2.75, 3.05) is 19.8 Å². The Morgan fingerprint density at radius 1 is 0.549 bits per heavy atom. The predicted molar refractivity (Wildman–Crippen MR) is 204 cm³/mol. The van der Waals surface area contributed by atoms with E-state index >= 15 is 0 Å². The minimum absolute atomic E-state index is 0.00256. The number of amides is 1. The van der Waals surface area contributed by atoms with E-state index in [-0.39, 0.29) is 11.9 Å². The second-order valence-corrected chi connectivity index (χ2v) is 12.6. The molecule has 5 heteroatoms. The third kappa shape index (κ3) is 10.0. The molecule has 6 aromatic carbocycles. The zero-order chi connectivity index (χ0) is 35.0. The molecule has 0 spiro atoms. The highest BCUT2D eigenvalue weighted by Gasteiger charge is 2.37. The van der Waals surface area contributed by atoms with Crippen LogP contribution in [0.15, 0.2) is 176 Å². The molecule has 0 radical (unpaired) electrons. The van der Waals surface area contributed by atoms with E-state index in [4.69, 9.17) is 14.2 Å². The number of carbonyl (C=O) groups excluding carboxylic acids is 1. The maximum absolute atomic E-state index is 13.2. The van der Waals surface area contributed by atoms with Crippen molar-refractivity contribution in [3.05, 3.63) is 209 Å². The van der Waals surface area contributed by atoms with Gasteiger partial charge in [0.25, 0.3) is 0 Å². The fourth-order valence-electron chi connectivity index (χ4n) is 6.35. The van der Waals surface area contributed by atoms with Gasteiger partial charge in [0, 0.05) is 6.42 Å². The van der Waals surface area contributed by atoms with E-state index in [1.54, 1.807) is 0 Å². The fraction of sp³-hybridized carbons (Fsp3) is 0.196. The van der Waals surface area contributed by atoms with Crippen LogP contribution in [0.4, 0.5) is 0 Å². The molecule has 0 fully saturated rings. The van der Waals surface area contributed by atoms with Crippen LogP contribution in [0.5, 0.6) is 5.75 Å². The molecule has 0 bridgehead atoms. The lowest BCUT2D eigenvalue weighted by molar-refractivity contribution is -0.122. The van der Waals surface area contributed by atoms with Crippen molar-refractivity contribution in [2.24, 2.45) is 0 Å². The zero-order valence-corrected chi connectivity index (χ0v) is 28.9. The van der Waals surface area contributed by atoms with E-state index in [1.807, 2.05) is 103 Å². The number of carbonyl (C=O) groups is 1. The lowest BCUT2D eigenvalue weighted by Crippen LogP contribution is -2.40. The zero-order valence-electron chi connectivity index (χ0n) is 28.9. The van der Waals surface area contributed by atoms with Crippen molar-refractivity contribution < 1.29 is 19.0 Å². The Hall–Kier alpha value is -5.49. The molecule has 258 valence electrons. The third-order valence-electron chi connectivity index (χ3n) is 8.91. The van der Waals surface area contributed by atoms with Gasteiger partial charge in [0.2, 0.25) is 5.91 Å².